The summed E-state index contributed by atoms with van der Waals surface area (Å²) < 4.78 is 26.7. The van der Waals surface area contributed by atoms with E-state index in [2.05, 4.69) is 11.6 Å². The van der Waals surface area contributed by atoms with Gasteiger partial charge in [0.05, 0.1) is 11.4 Å². The zero-order valence-corrected chi connectivity index (χ0v) is 13.4. The average Bonchev–Trinajstić information content (AvgIpc) is 2.45. The lowest BCUT2D eigenvalue weighted by Crippen LogP contribution is -2.46. The van der Waals surface area contributed by atoms with E-state index in [0.717, 1.165) is 18.4 Å². The van der Waals surface area contributed by atoms with E-state index in [9.17, 15) is 13.5 Å². The molecule has 0 spiro atoms. The van der Waals surface area contributed by atoms with Crippen molar-refractivity contribution in [3.8, 4) is 0 Å². The summed E-state index contributed by atoms with van der Waals surface area (Å²) in [7, 11) is -3.34. The average molecular weight is 311 g/mol. The molecule has 0 aromatic heterocycles. The third-order valence-corrected chi connectivity index (χ3v) is 5.52. The van der Waals surface area contributed by atoms with Gasteiger partial charge in [-0.1, -0.05) is 50.1 Å². The van der Waals surface area contributed by atoms with Crippen LogP contribution in [0.3, 0.4) is 0 Å². The maximum atomic E-state index is 12.0. The van der Waals surface area contributed by atoms with Crippen LogP contribution >= 0.6 is 0 Å². The van der Waals surface area contributed by atoms with Crippen molar-refractivity contribution in [2.75, 3.05) is 12.3 Å². The Labute approximate surface area is 127 Å². The smallest absolute Gasteiger partial charge is 0.212 e. The molecule has 0 bridgehead atoms. The first-order valence-corrected chi connectivity index (χ1v) is 9.27. The molecule has 21 heavy (non-hydrogen) atoms. The summed E-state index contributed by atoms with van der Waals surface area (Å²) in [6.07, 6.45) is 3.92. The van der Waals surface area contributed by atoms with Gasteiger partial charge in [0.15, 0.2) is 0 Å². The fourth-order valence-corrected chi connectivity index (χ4v) is 4.14. The lowest BCUT2D eigenvalue weighted by Gasteiger charge is -2.35. The number of aryl methyl sites for hydroxylation is 1. The van der Waals surface area contributed by atoms with Gasteiger partial charge in [-0.2, -0.15) is 0 Å². The molecule has 5 heteroatoms. The molecule has 2 atom stereocenters. The number of hydrogen-bond donors (Lipinski definition) is 2. The van der Waals surface area contributed by atoms with Crippen LogP contribution in [0.5, 0.6) is 0 Å². The third-order valence-electron chi connectivity index (χ3n) is 4.19. The second kappa shape index (κ2) is 6.90. The Hall–Kier alpha value is -0.910. The van der Waals surface area contributed by atoms with E-state index in [-0.39, 0.29) is 12.3 Å². The number of aliphatic hydroxyl groups is 1. The Morgan fingerprint density at radius 3 is 2.71 bits per heavy atom. The molecule has 0 amide bonds. The van der Waals surface area contributed by atoms with E-state index in [1.807, 2.05) is 30.3 Å². The van der Waals surface area contributed by atoms with E-state index < -0.39 is 15.6 Å². The minimum atomic E-state index is -3.34. The zero-order valence-electron chi connectivity index (χ0n) is 12.6. The van der Waals surface area contributed by atoms with Crippen molar-refractivity contribution in [2.24, 2.45) is 5.92 Å². The van der Waals surface area contributed by atoms with Gasteiger partial charge >= 0.3 is 0 Å². The van der Waals surface area contributed by atoms with Gasteiger partial charge in [-0.25, -0.2) is 13.1 Å². The van der Waals surface area contributed by atoms with E-state index in [1.165, 1.54) is 0 Å². The van der Waals surface area contributed by atoms with E-state index in [1.54, 1.807) is 0 Å². The van der Waals surface area contributed by atoms with Crippen molar-refractivity contribution in [3.63, 3.8) is 0 Å². The highest BCUT2D eigenvalue weighted by Gasteiger charge is 2.33. The van der Waals surface area contributed by atoms with Crippen molar-refractivity contribution < 1.29 is 13.5 Å². The zero-order chi connectivity index (χ0) is 15.3. The van der Waals surface area contributed by atoms with E-state index >= 15 is 0 Å². The molecule has 2 unspecified atom stereocenters. The second-order valence-corrected chi connectivity index (χ2v) is 8.23. The molecule has 1 aromatic rings. The molecule has 1 saturated carbocycles. The minimum Gasteiger partial charge on any atom is -0.389 e. The predicted molar refractivity (Wildman–Crippen MR) is 84.5 cm³/mol. The normalized spacial score (nSPS) is 26.7. The van der Waals surface area contributed by atoms with Gasteiger partial charge in [-0.3, -0.25) is 0 Å². The fraction of sp³-hybridized carbons (Fsp3) is 0.625. The molecule has 2 rings (SSSR count). The third kappa shape index (κ3) is 5.41. The first-order valence-electron chi connectivity index (χ1n) is 7.62. The van der Waals surface area contributed by atoms with Crippen LogP contribution in [0, 0.1) is 5.92 Å². The summed E-state index contributed by atoms with van der Waals surface area (Å²) in [4.78, 5) is 0. The number of rotatable bonds is 6. The number of benzene rings is 1. The largest absolute Gasteiger partial charge is 0.389 e. The van der Waals surface area contributed by atoms with Gasteiger partial charge in [-0.15, -0.1) is 0 Å². The highest BCUT2D eigenvalue weighted by molar-refractivity contribution is 7.89. The molecule has 1 aliphatic carbocycles. The van der Waals surface area contributed by atoms with Crippen LogP contribution in [0.15, 0.2) is 30.3 Å². The van der Waals surface area contributed by atoms with Crippen molar-refractivity contribution >= 4 is 10.0 Å². The minimum absolute atomic E-state index is 0.0582. The Morgan fingerprint density at radius 1 is 1.33 bits per heavy atom. The van der Waals surface area contributed by atoms with Crippen molar-refractivity contribution in [1.82, 2.24) is 4.72 Å². The maximum Gasteiger partial charge on any atom is 0.212 e. The first kappa shape index (κ1) is 16.5. The van der Waals surface area contributed by atoms with Crippen molar-refractivity contribution in [2.45, 2.75) is 44.6 Å². The monoisotopic (exact) mass is 311 g/mol. The van der Waals surface area contributed by atoms with Crippen LogP contribution in [-0.2, 0) is 16.4 Å². The van der Waals surface area contributed by atoms with Crippen molar-refractivity contribution in [1.29, 1.82) is 0 Å². The molecule has 0 radical (unpaired) electrons. The second-order valence-electron chi connectivity index (χ2n) is 6.30. The number of nitrogens with one attached hydrogen (secondary N) is 1. The number of hydrogen-bond acceptors (Lipinski definition) is 3. The molecule has 4 nitrogen and oxygen atoms in total. The Morgan fingerprint density at radius 2 is 2.05 bits per heavy atom. The highest BCUT2D eigenvalue weighted by atomic mass is 32.2. The quantitative estimate of drug-likeness (QED) is 0.845. The van der Waals surface area contributed by atoms with Gasteiger partial charge in [0.25, 0.3) is 0 Å². The van der Waals surface area contributed by atoms with Crippen LogP contribution in [-0.4, -0.2) is 31.4 Å². The molecule has 1 aromatic carbocycles. The molecular formula is C16H25NO3S. The Bertz CT molecular complexity index is 544. The molecule has 118 valence electrons. The summed E-state index contributed by atoms with van der Waals surface area (Å²) in [5.74, 6) is 0.514. The summed E-state index contributed by atoms with van der Waals surface area (Å²) in [6, 6.07) is 9.57. The standard InChI is InChI=1S/C16H25NO3S/c1-14-6-5-10-16(18,12-14)13-17-21(19,20)11-9-15-7-3-2-4-8-15/h2-4,7-8,14,17-18H,5-6,9-13H2,1H3. The summed E-state index contributed by atoms with van der Waals surface area (Å²) in [5.41, 5.74) is 0.130. The topological polar surface area (TPSA) is 66.4 Å². The van der Waals surface area contributed by atoms with Crippen molar-refractivity contribution in [3.05, 3.63) is 35.9 Å². The fourth-order valence-electron chi connectivity index (χ4n) is 3.01. The molecule has 0 saturated heterocycles. The summed E-state index contributed by atoms with van der Waals surface area (Å²) in [5, 5.41) is 10.5. The SMILES string of the molecule is CC1CCCC(O)(CNS(=O)(=O)CCc2ccccc2)C1. The lowest BCUT2D eigenvalue weighted by molar-refractivity contribution is -0.00751. The summed E-state index contributed by atoms with van der Waals surface area (Å²) in [6.45, 7) is 2.24. The van der Waals surface area contributed by atoms with E-state index in [0.29, 0.717) is 25.2 Å². The predicted octanol–water partition coefficient (Wildman–Crippen LogP) is 2.09. The van der Waals surface area contributed by atoms with Gasteiger partial charge in [0.1, 0.15) is 0 Å². The van der Waals surface area contributed by atoms with Gasteiger partial charge in [0.2, 0.25) is 10.0 Å². The van der Waals surface area contributed by atoms with Crippen LogP contribution < -0.4 is 4.72 Å². The summed E-state index contributed by atoms with van der Waals surface area (Å²) >= 11 is 0. The maximum absolute atomic E-state index is 12.0. The van der Waals surface area contributed by atoms with Crippen LogP contribution in [0.1, 0.15) is 38.2 Å². The Balaban J connectivity index is 1.83. The molecule has 0 heterocycles. The Kier molecular flexibility index (Phi) is 5.41. The first-order chi connectivity index (χ1) is 9.89. The molecule has 1 fully saturated rings. The molecule has 1 aliphatic rings. The van der Waals surface area contributed by atoms with Crippen LogP contribution in [0.2, 0.25) is 0 Å². The lowest BCUT2D eigenvalue weighted by atomic mass is 9.79. The van der Waals surface area contributed by atoms with Gasteiger partial charge < -0.3 is 5.11 Å². The van der Waals surface area contributed by atoms with Crippen LogP contribution in [0.4, 0.5) is 0 Å². The van der Waals surface area contributed by atoms with Gasteiger partial charge in [0, 0.05) is 6.54 Å². The highest BCUT2D eigenvalue weighted by Crippen LogP contribution is 2.31. The van der Waals surface area contributed by atoms with Crippen LogP contribution in [0.25, 0.3) is 0 Å². The number of sulfonamides is 1. The van der Waals surface area contributed by atoms with E-state index in [4.69, 9.17) is 0 Å². The molecule has 0 aliphatic heterocycles. The van der Waals surface area contributed by atoms with Gasteiger partial charge in [-0.05, 0) is 30.7 Å². The molecular weight excluding hydrogens is 286 g/mol. The molecule has 2 N–H and O–H groups in total.